The number of hydrogen-bond acceptors (Lipinski definition) is 5. The molecule has 1 atom stereocenters. The van der Waals surface area contributed by atoms with Crippen molar-refractivity contribution in [3.63, 3.8) is 0 Å². The van der Waals surface area contributed by atoms with E-state index in [-0.39, 0.29) is 18.1 Å². The van der Waals surface area contributed by atoms with E-state index < -0.39 is 11.2 Å². The summed E-state index contributed by atoms with van der Waals surface area (Å²) in [7, 11) is 0. The van der Waals surface area contributed by atoms with E-state index in [1.807, 2.05) is 17.5 Å². The Hall–Kier alpha value is -2.19. The second kappa shape index (κ2) is 7.14. The van der Waals surface area contributed by atoms with Crippen LogP contribution in [0.4, 0.5) is 10.1 Å². The van der Waals surface area contributed by atoms with Crippen LogP contribution in [0.1, 0.15) is 11.3 Å². The van der Waals surface area contributed by atoms with Gasteiger partial charge < -0.3 is 5.73 Å². The van der Waals surface area contributed by atoms with Gasteiger partial charge in [-0.1, -0.05) is 17.8 Å². The lowest BCUT2D eigenvalue weighted by Gasteiger charge is -2.30. The van der Waals surface area contributed by atoms with Crippen LogP contribution in [0, 0.1) is 5.82 Å². The number of rotatable bonds is 4. The van der Waals surface area contributed by atoms with E-state index in [9.17, 15) is 14.0 Å². The fourth-order valence-electron chi connectivity index (χ4n) is 2.19. The van der Waals surface area contributed by atoms with Gasteiger partial charge in [-0.05, 0) is 35.7 Å². The van der Waals surface area contributed by atoms with Gasteiger partial charge in [-0.25, -0.2) is 9.38 Å². The number of halogens is 1. The number of amidine groups is 1. The maximum atomic E-state index is 13.0. The minimum Gasteiger partial charge on any atom is -0.369 e. The predicted molar refractivity (Wildman–Crippen MR) is 93.6 cm³/mol. The molecule has 0 saturated carbocycles. The van der Waals surface area contributed by atoms with Crippen LogP contribution in [0.3, 0.4) is 0 Å². The Bertz CT molecular complexity index is 775. The van der Waals surface area contributed by atoms with Crippen LogP contribution in [0.5, 0.6) is 0 Å². The van der Waals surface area contributed by atoms with Crippen molar-refractivity contribution in [2.45, 2.75) is 18.2 Å². The van der Waals surface area contributed by atoms with Crippen molar-refractivity contribution >= 4 is 45.8 Å². The van der Waals surface area contributed by atoms with Crippen LogP contribution in [0.15, 0.2) is 46.8 Å². The summed E-state index contributed by atoms with van der Waals surface area (Å²) in [4.78, 5) is 30.9. The molecule has 1 aliphatic heterocycles. The highest BCUT2D eigenvalue weighted by Crippen LogP contribution is 2.30. The molecule has 1 saturated heterocycles. The molecule has 0 unspecified atom stereocenters. The van der Waals surface area contributed by atoms with Crippen molar-refractivity contribution in [2.24, 2.45) is 10.7 Å². The fourth-order valence-corrected chi connectivity index (χ4v) is 3.93. The highest BCUT2D eigenvalue weighted by atomic mass is 32.2. The summed E-state index contributed by atoms with van der Waals surface area (Å²) in [6, 6.07) is 9.46. The summed E-state index contributed by atoms with van der Waals surface area (Å²) in [6.45, 7) is 0.384. The summed E-state index contributed by atoms with van der Waals surface area (Å²) in [6.07, 6.45) is 0.0494. The Balaban J connectivity index is 1.92. The molecule has 1 aromatic carbocycles. The van der Waals surface area contributed by atoms with Crippen molar-refractivity contribution in [1.29, 1.82) is 0 Å². The zero-order valence-electron chi connectivity index (χ0n) is 12.5. The predicted octanol–water partition coefficient (Wildman–Crippen LogP) is 2.89. The molecule has 0 bridgehead atoms. The topological polar surface area (TPSA) is 75.8 Å². The number of thiophene rings is 1. The number of carbonyl (C=O) groups excluding carboxylic acids is 2. The first-order valence-corrected chi connectivity index (χ1v) is 8.92. The first-order chi connectivity index (χ1) is 11.5. The molecule has 8 heteroatoms. The highest BCUT2D eigenvalue weighted by molar-refractivity contribution is 8.15. The van der Waals surface area contributed by atoms with Crippen LogP contribution in [-0.4, -0.2) is 27.1 Å². The van der Waals surface area contributed by atoms with Gasteiger partial charge in [-0.3, -0.25) is 14.5 Å². The fraction of sp³-hybridized carbons (Fsp3) is 0.188. The number of amides is 2. The van der Waals surface area contributed by atoms with Crippen LogP contribution in [0.25, 0.3) is 0 Å². The quantitative estimate of drug-likeness (QED) is 0.907. The number of hydrogen-bond donors (Lipinski definition) is 1. The van der Waals surface area contributed by atoms with E-state index in [4.69, 9.17) is 5.73 Å². The molecule has 1 fully saturated rings. The van der Waals surface area contributed by atoms with Crippen molar-refractivity contribution < 1.29 is 14.0 Å². The normalized spacial score (nSPS) is 19.7. The van der Waals surface area contributed by atoms with Gasteiger partial charge in [0.05, 0.1) is 17.5 Å². The third kappa shape index (κ3) is 3.82. The molecular formula is C16H14FN3O2S2. The molecule has 24 heavy (non-hydrogen) atoms. The monoisotopic (exact) mass is 363 g/mol. The van der Waals surface area contributed by atoms with Gasteiger partial charge >= 0.3 is 0 Å². The minimum absolute atomic E-state index is 0.0494. The third-order valence-corrected chi connectivity index (χ3v) is 5.47. The summed E-state index contributed by atoms with van der Waals surface area (Å²) in [5, 5.41) is 1.69. The number of benzene rings is 1. The van der Waals surface area contributed by atoms with Gasteiger partial charge in [0.2, 0.25) is 11.8 Å². The van der Waals surface area contributed by atoms with Gasteiger partial charge in [0, 0.05) is 11.3 Å². The van der Waals surface area contributed by atoms with E-state index in [0.717, 1.165) is 16.6 Å². The van der Waals surface area contributed by atoms with Gasteiger partial charge in [0.25, 0.3) is 0 Å². The lowest BCUT2D eigenvalue weighted by Crippen LogP contribution is -2.45. The summed E-state index contributed by atoms with van der Waals surface area (Å²) >= 11 is 2.70. The lowest BCUT2D eigenvalue weighted by molar-refractivity contribution is -0.130. The third-order valence-electron chi connectivity index (χ3n) is 3.40. The number of nitrogens with two attached hydrogens (primary N) is 1. The van der Waals surface area contributed by atoms with Crippen LogP contribution < -0.4 is 5.73 Å². The average Bonchev–Trinajstić information content (AvgIpc) is 3.05. The van der Waals surface area contributed by atoms with Gasteiger partial charge in [-0.2, -0.15) is 0 Å². The molecule has 5 nitrogen and oxygen atoms in total. The van der Waals surface area contributed by atoms with E-state index in [2.05, 4.69) is 4.99 Å². The zero-order chi connectivity index (χ0) is 17.1. The highest BCUT2D eigenvalue weighted by Gasteiger charge is 2.35. The molecule has 1 aromatic heterocycles. The van der Waals surface area contributed by atoms with E-state index >= 15 is 0 Å². The SMILES string of the molecule is NC(=O)[C@H]1CC(=O)N(Cc2cccs2)C(=Nc2ccc(F)cc2)S1. The molecule has 3 rings (SSSR count). The Morgan fingerprint density at radius 1 is 1.33 bits per heavy atom. The Labute approximate surface area is 146 Å². The summed E-state index contributed by atoms with van der Waals surface area (Å²) in [5.41, 5.74) is 5.86. The molecule has 0 spiro atoms. The van der Waals surface area contributed by atoms with E-state index in [1.165, 1.54) is 35.6 Å². The lowest BCUT2D eigenvalue weighted by atomic mass is 10.2. The standard InChI is InChI=1S/C16H14FN3O2S2/c17-10-3-5-11(6-4-10)19-16-20(9-12-2-1-7-23-12)14(21)8-13(24-16)15(18)22/h1-7,13H,8-9H2,(H2,18,22)/t13-/m1/s1. The Kier molecular flexibility index (Phi) is 4.96. The van der Waals surface area contributed by atoms with E-state index in [0.29, 0.717) is 17.4 Å². The molecular weight excluding hydrogens is 349 g/mol. The number of nitrogens with zero attached hydrogens (tertiary/aromatic N) is 2. The van der Waals surface area contributed by atoms with Crippen molar-refractivity contribution in [3.8, 4) is 0 Å². The van der Waals surface area contributed by atoms with Gasteiger partial charge in [-0.15, -0.1) is 11.3 Å². The molecule has 0 aliphatic carbocycles. The smallest absolute Gasteiger partial charge is 0.231 e. The second-order valence-electron chi connectivity index (χ2n) is 5.14. The average molecular weight is 363 g/mol. The van der Waals surface area contributed by atoms with Crippen LogP contribution in [-0.2, 0) is 16.1 Å². The molecule has 2 amide bonds. The second-order valence-corrected chi connectivity index (χ2v) is 7.35. The molecule has 124 valence electrons. The molecule has 2 heterocycles. The summed E-state index contributed by atoms with van der Waals surface area (Å²) < 4.78 is 13.0. The van der Waals surface area contributed by atoms with Crippen molar-refractivity contribution in [2.75, 3.05) is 0 Å². The Morgan fingerprint density at radius 3 is 2.71 bits per heavy atom. The number of primary amides is 1. The number of thioether (sulfide) groups is 1. The maximum Gasteiger partial charge on any atom is 0.231 e. The first kappa shape index (κ1) is 16.7. The molecule has 2 N–H and O–H groups in total. The van der Waals surface area contributed by atoms with Gasteiger partial charge in [0.1, 0.15) is 5.82 Å². The van der Waals surface area contributed by atoms with Crippen LogP contribution >= 0.6 is 23.1 Å². The van der Waals surface area contributed by atoms with E-state index in [1.54, 1.807) is 4.90 Å². The van der Waals surface area contributed by atoms with Crippen molar-refractivity contribution in [1.82, 2.24) is 4.90 Å². The van der Waals surface area contributed by atoms with Crippen LogP contribution in [0.2, 0.25) is 0 Å². The minimum atomic E-state index is -0.642. The molecule has 1 aliphatic rings. The maximum absolute atomic E-state index is 13.0. The largest absolute Gasteiger partial charge is 0.369 e. The van der Waals surface area contributed by atoms with Crippen molar-refractivity contribution in [3.05, 3.63) is 52.5 Å². The molecule has 2 aromatic rings. The van der Waals surface area contributed by atoms with Gasteiger partial charge in [0.15, 0.2) is 5.17 Å². The number of aliphatic imine (C=N–C) groups is 1. The summed E-state index contributed by atoms with van der Waals surface area (Å²) in [5.74, 6) is -1.11. The molecule has 0 radical (unpaired) electrons. The first-order valence-electron chi connectivity index (χ1n) is 7.16. The zero-order valence-corrected chi connectivity index (χ0v) is 14.1. The number of carbonyl (C=O) groups is 2. The Morgan fingerprint density at radius 2 is 2.08 bits per heavy atom.